The van der Waals surface area contributed by atoms with Crippen molar-refractivity contribution in [2.45, 2.75) is 39.7 Å². The molecule has 0 aromatic carbocycles. The average Bonchev–Trinajstić information content (AvgIpc) is 2.98. The van der Waals surface area contributed by atoms with Crippen molar-refractivity contribution in [1.82, 2.24) is 15.2 Å². The van der Waals surface area contributed by atoms with Gasteiger partial charge in [-0.15, -0.1) is 21.5 Å². The van der Waals surface area contributed by atoms with Crippen LogP contribution in [0.2, 0.25) is 0 Å². The molecule has 1 amide bonds. The number of hydrogen-bond acceptors (Lipinski definition) is 7. The number of nitrogens with zero attached hydrogens (tertiary/aromatic N) is 3. The van der Waals surface area contributed by atoms with Crippen LogP contribution in [0.25, 0.3) is 0 Å². The van der Waals surface area contributed by atoms with Gasteiger partial charge >= 0.3 is 0 Å². The fourth-order valence-corrected chi connectivity index (χ4v) is 3.42. The van der Waals surface area contributed by atoms with Gasteiger partial charge in [0.2, 0.25) is 11.0 Å². The van der Waals surface area contributed by atoms with Crippen molar-refractivity contribution in [3.63, 3.8) is 0 Å². The Labute approximate surface area is 131 Å². The van der Waals surface area contributed by atoms with E-state index in [2.05, 4.69) is 34.3 Å². The molecule has 2 aromatic heterocycles. The lowest BCUT2D eigenvalue weighted by Gasteiger charge is -1.99. The Kier molecular flexibility index (Phi) is 5.38. The molecular weight excluding hydrogens is 306 g/mol. The monoisotopic (exact) mass is 325 g/mol. The minimum absolute atomic E-state index is 0.103. The average molecular weight is 325 g/mol. The van der Waals surface area contributed by atoms with Crippen LogP contribution < -0.4 is 11.1 Å². The molecule has 8 heteroatoms. The molecule has 1 unspecified atom stereocenters. The first-order chi connectivity index (χ1) is 9.94. The van der Waals surface area contributed by atoms with Crippen molar-refractivity contribution in [1.29, 1.82) is 0 Å². The number of rotatable bonds is 6. The number of aromatic nitrogens is 3. The van der Waals surface area contributed by atoms with E-state index in [1.165, 1.54) is 22.7 Å². The van der Waals surface area contributed by atoms with Gasteiger partial charge in [0.15, 0.2) is 0 Å². The first-order valence-electron chi connectivity index (χ1n) is 6.76. The Morgan fingerprint density at radius 2 is 2.14 bits per heavy atom. The highest BCUT2D eigenvalue weighted by Crippen LogP contribution is 2.19. The van der Waals surface area contributed by atoms with Crippen LogP contribution >= 0.6 is 22.7 Å². The van der Waals surface area contributed by atoms with Gasteiger partial charge in [0.05, 0.1) is 18.2 Å². The minimum atomic E-state index is -0.135. The summed E-state index contributed by atoms with van der Waals surface area (Å²) in [6.45, 7) is 6.12. The number of nitrogens with one attached hydrogen (secondary N) is 1. The topological polar surface area (TPSA) is 93.8 Å². The SMILES string of the molecule is CC(C)Cc1nnc(NC(=O)Cc2csc(C(C)N)n2)s1. The van der Waals surface area contributed by atoms with Gasteiger partial charge in [-0.25, -0.2) is 4.98 Å². The van der Waals surface area contributed by atoms with Crippen molar-refractivity contribution in [2.75, 3.05) is 5.32 Å². The number of thiazole rings is 1. The lowest BCUT2D eigenvalue weighted by atomic mass is 10.1. The highest BCUT2D eigenvalue weighted by Gasteiger charge is 2.12. The smallest absolute Gasteiger partial charge is 0.232 e. The third-order valence-electron chi connectivity index (χ3n) is 2.60. The molecule has 0 radical (unpaired) electrons. The molecule has 2 heterocycles. The molecule has 0 saturated carbocycles. The molecule has 0 bridgehead atoms. The van der Waals surface area contributed by atoms with Crippen molar-refractivity contribution < 1.29 is 4.79 Å². The van der Waals surface area contributed by atoms with Crippen LogP contribution in [0.15, 0.2) is 5.38 Å². The molecule has 0 spiro atoms. The molecule has 0 fully saturated rings. The maximum absolute atomic E-state index is 12.0. The number of carbonyl (C=O) groups excluding carboxylic acids is 1. The van der Waals surface area contributed by atoms with E-state index < -0.39 is 0 Å². The summed E-state index contributed by atoms with van der Waals surface area (Å²) in [5.74, 6) is 0.386. The van der Waals surface area contributed by atoms with Gasteiger partial charge in [0.1, 0.15) is 10.0 Å². The summed E-state index contributed by atoms with van der Waals surface area (Å²) in [6, 6.07) is -0.103. The molecule has 0 aliphatic rings. The molecule has 0 saturated heterocycles. The first-order valence-corrected chi connectivity index (χ1v) is 8.45. The normalized spacial score (nSPS) is 12.6. The third-order valence-corrected chi connectivity index (χ3v) is 4.55. The number of anilines is 1. The predicted molar refractivity (Wildman–Crippen MR) is 85.5 cm³/mol. The first kappa shape index (κ1) is 16.0. The largest absolute Gasteiger partial charge is 0.322 e. The highest BCUT2D eigenvalue weighted by atomic mass is 32.1. The van der Waals surface area contributed by atoms with Crippen molar-refractivity contribution in [2.24, 2.45) is 11.7 Å². The van der Waals surface area contributed by atoms with Gasteiger partial charge in [-0.05, 0) is 12.8 Å². The van der Waals surface area contributed by atoms with Gasteiger partial charge < -0.3 is 11.1 Å². The Morgan fingerprint density at radius 3 is 2.76 bits per heavy atom. The highest BCUT2D eigenvalue weighted by molar-refractivity contribution is 7.15. The lowest BCUT2D eigenvalue weighted by molar-refractivity contribution is -0.115. The van der Waals surface area contributed by atoms with E-state index in [4.69, 9.17) is 5.73 Å². The van der Waals surface area contributed by atoms with Gasteiger partial charge in [-0.1, -0.05) is 25.2 Å². The van der Waals surface area contributed by atoms with Gasteiger partial charge in [-0.3, -0.25) is 4.79 Å². The van der Waals surface area contributed by atoms with E-state index in [1.807, 2.05) is 12.3 Å². The Balaban J connectivity index is 1.90. The number of hydrogen-bond donors (Lipinski definition) is 2. The molecule has 114 valence electrons. The minimum Gasteiger partial charge on any atom is -0.322 e. The summed E-state index contributed by atoms with van der Waals surface area (Å²) in [5.41, 5.74) is 6.49. The number of carbonyl (C=O) groups is 1. The van der Waals surface area contributed by atoms with E-state index in [0.717, 1.165) is 22.1 Å². The predicted octanol–water partition coefficient (Wildman–Crippen LogP) is 2.39. The van der Waals surface area contributed by atoms with Gasteiger partial charge in [0, 0.05) is 11.8 Å². The quantitative estimate of drug-likeness (QED) is 0.850. The van der Waals surface area contributed by atoms with Crippen LogP contribution in [0.5, 0.6) is 0 Å². The van der Waals surface area contributed by atoms with Gasteiger partial charge in [0.25, 0.3) is 0 Å². The van der Waals surface area contributed by atoms with Crippen LogP contribution in [-0.4, -0.2) is 21.1 Å². The summed E-state index contributed by atoms with van der Waals surface area (Å²) in [4.78, 5) is 16.3. The molecular formula is C13H19N5OS2. The number of amides is 1. The number of nitrogens with two attached hydrogens (primary N) is 1. The van der Waals surface area contributed by atoms with E-state index in [1.54, 1.807) is 0 Å². The summed E-state index contributed by atoms with van der Waals surface area (Å²) >= 11 is 2.89. The molecule has 0 aliphatic heterocycles. The second-order valence-electron chi connectivity index (χ2n) is 5.29. The Hall–Kier alpha value is -1.38. The Morgan fingerprint density at radius 1 is 1.38 bits per heavy atom. The zero-order valence-electron chi connectivity index (χ0n) is 12.3. The standard InChI is InChI=1S/C13H19N5OS2/c1-7(2)4-11-17-18-13(21-11)16-10(19)5-9-6-20-12(15-9)8(3)14/h6-8H,4-5,14H2,1-3H3,(H,16,18,19). The van der Waals surface area contributed by atoms with Crippen LogP contribution in [0.3, 0.4) is 0 Å². The van der Waals surface area contributed by atoms with Crippen LogP contribution in [-0.2, 0) is 17.6 Å². The van der Waals surface area contributed by atoms with E-state index >= 15 is 0 Å². The Bertz CT molecular complexity index is 605. The summed E-state index contributed by atoms with van der Waals surface area (Å²) in [7, 11) is 0. The molecule has 21 heavy (non-hydrogen) atoms. The van der Waals surface area contributed by atoms with Crippen molar-refractivity contribution in [3.05, 3.63) is 21.1 Å². The maximum atomic E-state index is 12.0. The summed E-state index contributed by atoms with van der Waals surface area (Å²) in [5, 5.41) is 15.0. The molecule has 2 rings (SSSR count). The fraction of sp³-hybridized carbons (Fsp3) is 0.538. The third kappa shape index (κ3) is 4.83. The molecule has 6 nitrogen and oxygen atoms in total. The van der Waals surface area contributed by atoms with Crippen LogP contribution in [0.4, 0.5) is 5.13 Å². The molecule has 2 aromatic rings. The zero-order valence-corrected chi connectivity index (χ0v) is 13.9. The van der Waals surface area contributed by atoms with Crippen molar-refractivity contribution >= 4 is 33.7 Å². The van der Waals surface area contributed by atoms with E-state index in [-0.39, 0.29) is 18.4 Å². The molecule has 1 atom stereocenters. The van der Waals surface area contributed by atoms with E-state index in [0.29, 0.717) is 11.0 Å². The zero-order chi connectivity index (χ0) is 15.4. The second kappa shape index (κ2) is 7.06. The fourth-order valence-electron chi connectivity index (χ4n) is 1.68. The second-order valence-corrected chi connectivity index (χ2v) is 7.24. The van der Waals surface area contributed by atoms with Crippen LogP contribution in [0.1, 0.15) is 42.5 Å². The van der Waals surface area contributed by atoms with Gasteiger partial charge in [-0.2, -0.15) is 0 Å². The molecule has 0 aliphatic carbocycles. The summed E-state index contributed by atoms with van der Waals surface area (Å²) < 4.78 is 0. The van der Waals surface area contributed by atoms with Crippen molar-refractivity contribution in [3.8, 4) is 0 Å². The summed E-state index contributed by atoms with van der Waals surface area (Å²) in [6.07, 6.45) is 1.10. The maximum Gasteiger partial charge on any atom is 0.232 e. The van der Waals surface area contributed by atoms with Crippen LogP contribution in [0, 0.1) is 5.92 Å². The van der Waals surface area contributed by atoms with E-state index in [9.17, 15) is 4.79 Å². The lowest BCUT2D eigenvalue weighted by Crippen LogP contribution is -2.14. The molecule has 3 N–H and O–H groups in total.